The second-order valence-corrected chi connectivity index (χ2v) is 15.3. The van der Waals surface area contributed by atoms with Gasteiger partial charge in [0.1, 0.15) is 17.2 Å². The summed E-state index contributed by atoms with van der Waals surface area (Å²) >= 11 is 0. The predicted molar refractivity (Wildman–Crippen MR) is 199 cm³/mol. The molecule has 8 heteroatoms. The molecule has 0 amide bonds. The molecule has 6 rings (SSSR count). The number of rotatable bonds is 13. The minimum atomic E-state index is -4.75. The van der Waals surface area contributed by atoms with Gasteiger partial charge >= 0.3 is 15.4 Å². The number of carbonyl (C=O) groups is 3. The maximum absolute atomic E-state index is 15.5. The number of aryl methyl sites for hydroxylation is 3. The molecule has 0 aliphatic heterocycles. The maximum Gasteiger partial charge on any atom is 0.864 e. The molecule has 0 atom stereocenters. The highest BCUT2D eigenvalue weighted by atomic mass is 28.3. The van der Waals surface area contributed by atoms with Gasteiger partial charge in [-0.2, -0.15) is 0 Å². The average Bonchev–Trinajstić information content (AvgIpc) is 3.14. The van der Waals surface area contributed by atoms with Crippen LogP contribution in [0.5, 0.6) is 17.2 Å². The minimum Gasteiger partial charge on any atom is -0.490 e. The molecule has 0 bridgehead atoms. The summed E-state index contributed by atoms with van der Waals surface area (Å²) in [4.78, 5) is 46.4. The molecule has 0 radical (unpaired) electrons. The summed E-state index contributed by atoms with van der Waals surface area (Å²) in [7, 11) is -6.10. The zero-order chi connectivity index (χ0) is 35.1. The second-order valence-electron chi connectivity index (χ2n) is 11.9. The van der Waals surface area contributed by atoms with Crippen molar-refractivity contribution in [1.82, 2.24) is 0 Å². The van der Waals surface area contributed by atoms with Gasteiger partial charge < -0.3 is 14.0 Å². The first-order valence-corrected chi connectivity index (χ1v) is 18.3. The van der Waals surface area contributed by atoms with Crippen LogP contribution < -0.4 is 19.1 Å². The summed E-state index contributed by atoms with van der Waals surface area (Å²) in [6, 6.07) is 46.0. The highest BCUT2D eigenvalue weighted by Crippen LogP contribution is 2.30. The van der Waals surface area contributed by atoms with E-state index >= 15 is 14.4 Å². The van der Waals surface area contributed by atoms with Crippen molar-refractivity contribution in [2.24, 2.45) is 0 Å². The van der Waals surface area contributed by atoms with Crippen molar-refractivity contribution in [3.63, 3.8) is 0 Å². The van der Waals surface area contributed by atoms with E-state index in [0.717, 1.165) is 0 Å². The number of para-hydroxylation sites is 3. The van der Waals surface area contributed by atoms with Crippen molar-refractivity contribution in [1.29, 1.82) is 0 Å². The highest BCUT2D eigenvalue weighted by Gasteiger charge is 2.60. The van der Waals surface area contributed by atoms with Crippen LogP contribution in [0.25, 0.3) is 0 Å². The molecule has 0 aromatic heterocycles. The van der Waals surface area contributed by atoms with Crippen LogP contribution >= 0.6 is 0 Å². The molecule has 0 spiro atoms. The summed E-state index contributed by atoms with van der Waals surface area (Å²) in [5.41, 5.74) is 2.86. The van der Waals surface area contributed by atoms with Gasteiger partial charge in [0.05, 0.1) is 0 Å². The Kier molecular flexibility index (Phi) is 10.2. The predicted octanol–water partition coefficient (Wildman–Crippen LogP) is 8.06. The van der Waals surface area contributed by atoms with Gasteiger partial charge in [0.15, 0.2) is 16.2 Å². The Morgan fingerprint density at radius 1 is 0.420 bits per heavy atom. The molecule has 0 fully saturated rings. The number of carbonyl (C=O) groups excluding carboxylic acids is 3. The lowest BCUT2D eigenvalue weighted by Crippen LogP contribution is -2.69. The van der Waals surface area contributed by atoms with E-state index < -0.39 is 31.6 Å². The van der Waals surface area contributed by atoms with Crippen LogP contribution in [0, 0.1) is 20.8 Å². The summed E-state index contributed by atoms with van der Waals surface area (Å²) < 4.78 is 18.9. The van der Waals surface area contributed by atoms with Gasteiger partial charge in [-0.05, 0) is 67.8 Å². The van der Waals surface area contributed by atoms with Crippen LogP contribution in [0.2, 0.25) is 0 Å². The Balaban J connectivity index is 1.62. The Bertz CT molecular complexity index is 1970. The second kappa shape index (κ2) is 15.1. The van der Waals surface area contributed by atoms with E-state index in [0.29, 0.717) is 44.9 Å². The third-order valence-electron chi connectivity index (χ3n) is 8.66. The molecule has 6 aromatic carbocycles. The van der Waals surface area contributed by atoms with E-state index in [2.05, 4.69) is 0 Å². The molecule has 0 aliphatic rings. The van der Waals surface area contributed by atoms with E-state index in [1.54, 1.807) is 84.9 Å². The highest BCUT2D eigenvalue weighted by molar-refractivity contribution is 7.49. The lowest BCUT2D eigenvalue weighted by Gasteiger charge is -2.31. The Morgan fingerprint density at radius 2 is 0.760 bits per heavy atom. The van der Waals surface area contributed by atoms with Gasteiger partial charge in [-0.3, -0.25) is 14.4 Å². The van der Waals surface area contributed by atoms with Gasteiger partial charge in [-0.25, -0.2) is 0 Å². The third-order valence-corrected chi connectivity index (χ3v) is 12.7. The fraction of sp³-hybridized carbons (Fsp3) is 0.0714. The van der Waals surface area contributed by atoms with Crippen LogP contribution in [-0.4, -0.2) is 31.6 Å². The van der Waals surface area contributed by atoms with Gasteiger partial charge in [-0.1, -0.05) is 127 Å². The number of benzene rings is 6. The summed E-state index contributed by atoms with van der Waals surface area (Å²) in [5, 5.41) is -1.39. The molecular formula is C42H35BO6Si. The normalized spacial score (nSPS) is 10.9. The standard InChI is InChI=1S/C42H35BO6Si/c1-30-18-10-13-25-35(30)40(44)50(41(45)36-26-14-11-19-31(36)2,42(46)37-27-15-12-20-32(37)3)39-29-17-16-28-38(39)49-43(47-33-21-6-4-7-22-33)48-34-23-8-5-9-24-34/h4-29H,1-3H3. The van der Waals surface area contributed by atoms with E-state index in [-0.39, 0.29) is 10.9 Å². The minimum absolute atomic E-state index is 0.127. The summed E-state index contributed by atoms with van der Waals surface area (Å²) in [6.45, 7) is 5.42. The first kappa shape index (κ1) is 33.9. The number of hydrogen-bond acceptors (Lipinski definition) is 6. The van der Waals surface area contributed by atoms with Crippen LogP contribution in [0.15, 0.2) is 158 Å². The molecule has 6 nitrogen and oxygen atoms in total. The topological polar surface area (TPSA) is 78.9 Å². The van der Waals surface area contributed by atoms with Gasteiger partial charge in [-0.15, -0.1) is 0 Å². The van der Waals surface area contributed by atoms with Gasteiger partial charge in [0.2, 0.25) is 0 Å². The first-order chi connectivity index (χ1) is 24.3. The van der Waals surface area contributed by atoms with Gasteiger partial charge in [0, 0.05) is 21.9 Å². The van der Waals surface area contributed by atoms with E-state index in [4.69, 9.17) is 14.0 Å². The lowest BCUT2D eigenvalue weighted by atomic mass is 10.1. The molecular weight excluding hydrogens is 639 g/mol. The molecule has 0 aliphatic carbocycles. The average molecular weight is 675 g/mol. The molecule has 0 heterocycles. The van der Waals surface area contributed by atoms with Crippen molar-refractivity contribution >= 4 is 36.8 Å². The van der Waals surface area contributed by atoms with Crippen LogP contribution in [0.3, 0.4) is 0 Å². The zero-order valence-corrected chi connectivity index (χ0v) is 29.0. The van der Waals surface area contributed by atoms with Crippen LogP contribution in [-0.2, 0) is 0 Å². The van der Waals surface area contributed by atoms with Crippen molar-refractivity contribution in [2.45, 2.75) is 20.8 Å². The summed E-state index contributed by atoms with van der Waals surface area (Å²) in [6.07, 6.45) is 0. The van der Waals surface area contributed by atoms with Crippen LogP contribution in [0.1, 0.15) is 47.8 Å². The SMILES string of the molecule is Cc1ccccc1C(=O)[Si](C(=O)c1ccccc1C)(C(=O)c1ccccc1C)c1ccccc1OB(Oc1ccccc1)Oc1ccccc1. The molecule has 0 saturated heterocycles. The van der Waals surface area contributed by atoms with Gasteiger partial charge in [0.25, 0.3) is 0 Å². The van der Waals surface area contributed by atoms with Crippen molar-refractivity contribution < 1.29 is 28.3 Å². The van der Waals surface area contributed by atoms with Crippen molar-refractivity contribution in [3.05, 3.63) is 191 Å². The molecule has 50 heavy (non-hydrogen) atoms. The van der Waals surface area contributed by atoms with Crippen molar-refractivity contribution in [3.8, 4) is 17.2 Å². The van der Waals surface area contributed by atoms with E-state index in [1.165, 1.54) is 0 Å². The maximum atomic E-state index is 15.5. The lowest BCUT2D eigenvalue weighted by molar-refractivity contribution is 0.0985. The van der Waals surface area contributed by atoms with E-state index in [1.807, 2.05) is 93.6 Å². The molecule has 0 unspecified atom stereocenters. The largest absolute Gasteiger partial charge is 0.864 e. The first-order valence-electron chi connectivity index (χ1n) is 16.3. The monoisotopic (exact) mass is 674 g/mol. The van der Waals surface area contributed by atoms with Crippen LogP contribution in [0.4, 0.5) is 0 Å². The molecule has 246 valence electrons. The molecule has 0 saturated carbocycles. The Labute approximate surface area is 293 Å². The fourth-order valence-electron chi connectivity index (χ4n) is 6.04. The van der Waals surface area contributed by atoms with Crippen molar-refractivity contribution in [2.75, 3.05) is 0 Å². The van der Waals surface area contributed by atoms with E-state index in [9.17, 15) is 0 Å². The smallest absolute Gasteiger partial charge is 0.490 e. The summed E-state index contributed by atoms with van der Waals surface area (Å²) in [5.74, 6) is 1.07. The fourth-order valence-corrected chi connectivity index (χ4v) is 10.3. The molecule has 6 aromatic rings. The zero-order valence-electron chi connectivity index (χ0n) is 28.0. The number of hydrogen-bond donors (Lipinski definition) is 0. The third kappa shape index (κ3) is 6.79. The Hall–Kier alpha value is -5.99. The quantitative estimate of drug-likeness (QED) is 0.115. The molecule has 0 N–H and O–H groups in total. The Morgan fingerprint density at radius 3 is 1.16 bits per heavy atom.